The van der Waals surface area contributed by atoms with E-state index < -0.39 is 5.97 Å². The first-order chi connectivity index (χ1) is 6.43. The van der Waals surface area contributed by atoms with Crippen molar-refractivity contribution in [2.75, 3.05) is 0 Å². The van der Waals surface area contributed by atoms with Gasteiger partial charge in [-0.05, 0) is 19.8 Å². The molecule has 0 unspecified atom stereocenters. The standard InChI is InChI=1S/C10H14N2O2/c1-5(2)9-8(10(13)14)6(3)11-7(4)12-9/h5H,1-4H3,(H,13,14). The van der Waals surface area contributed by atoms with Gasteiger partial charge in [-0.3, -0.25) is 0 Å². The van der Waals surface area contributed by atoms with Crippen molar-refractivity contribution in [3.05, 3.63) is 22.8 Å². The molecule has 1 heterocycles. The van der Waals surface area contributed by atoms with Gasteiger partial charge in [0.15, 0.2) is 0 Å². The van der Waals surface area contributed by atoms with Gasteiger partial charge in [0.05, 0.1) is 11.4 Å². The number of aromatic carboxylic acids is 1. The Balaban J connectivity index is 3.44. The highest BCUT2D eigenvalue weighted by molar-refractivity contribution is 5.90. The molecule has 1 aromatic rings. The Hall–Kier alpha value is -1.45. The summed E-state index contributed by atoms with van der Waals surface area (Å²) in [6.07, 6.45) is 0. The summed E-state index contributed by atoms with van der Waals surface area (Å²) in [5.41, 5.74) is 1.39. The van der Waals surface area contributed by atoms with Crippen LogP contribution in [-0.4, -0.2) is 21.0 Å². The van der Waals surface area contributed by atoms with Crippen molar-refractivity contribution in [1.29, 1.82) is 0 Å². The van der Waals surface area contributed by atoms with Crippen LogP contribution in [0.3, 0.4) is 0 Å². The normalized spacial score (nSPS) is 10.6. The summed E-state index contributed by atoms with van der Waals surface area (Å²) < 4.78 is 0. The zero-order chi connectivity index (χ0) is 10.9. The molecule has 0 aliphatic rings. The summed E-state index contributed by atoms with van der Waals surface area (Å²) in [7, 11) is 0. The summed E-state index contributed by atoms with van der Waals surface area (Å²) in [4.78, 5) is 19.2. The van der Waals surface area contributed by atoms with Gasteiger partial charge in [0.2, 0.25) is 0 Å². The molecule has 1 rings (SSSR count). The quantitative estimate of drug-likeness (QED) is 0.781. The van der Waals surface area contributed by atoms with E-state index in [9.17, 15) is 4.79 Å². The van der Waals surface area contributed by atoms with E-state index >= 15 is 0 Å². The molecular weight excluding hydrogens is 180 g/mol. The highest BCUT2D eigenvalue weighted by Gasteiger charge is 2.18. The predicted octanol–water partition coefficient (Wildman–Crippen LogP) is 1.92. The molecule has 1 N–H and O–H groups in total. The highest BCUT2D eigenvalue weighted by Crippen LogP contribution is 2.19. The van der Waals surface area contributed by atoms with Crippen molar-refractivity contribution in [3.63, 3.8) is 0 Å². The molecule has 4 heteroatoms. The lowest BCUT2D eigenvalue weighted by molar-refractivity contribution is 0.0693. The lowest BCUT2D eigenvalue weighted by Crippen LogP contribution is -2.12. The minimum Gasteiger partial charge on any atom is -0.478 e. The van der Waals surface area contributed by atoms with Gasteiger partial charge in [-0.2, -0.15) is 0 Å². The maximum Gasteiger partial charge on any atom is 0.339 e. The van der Waals surface area contributed by atoms with Crippen molar-refractivity contribution in [2.24, 2.45) is 0 Å². The smallest absolute Gasteiger partial charge is 0.339 e. The number of carboxylic acid groups (broad SMARTS) is 1. The number of nitrogens with zero attached hydrogens (tertiary/aromatic N) is 2. The average molecular weight is 194 g/mol. The molecule has 76 valence electrons. The number of carboxylic acids is 1. The second-order valence-corrected chi connectivity index (χ2v) is 3.58. The fourth-order valence-corrected chi connectivity index (χ4v) is 1.42. The number of aromatic nitrogens is 2. The van der Waals surface area contributed by atoms with E-state index in [1.54, 1.807) is 13.8 Å². The Bertz CT molecular complexity index is 373. The maximum atomic E-state index is 11.0. The predicted molar refractivity (Wildman–Crippen MR) is 52.6 cm³/mol. The van der Waals surface area contributed by atoms with E-state index in [0.29, 0.717) is 17.2 Å². The molecule has 0 aliphatic carbocycles. The third kappa shape index (κ3) is 1.89. The lowest BCUT2D eigenvalue weighted by atomic mass is 10.0. The van der Waals surface area contributed by atoms with Crippen LogP contribution in [0.25, 0.3) is 0 Å². The third-order valence-corrected chi connectivity index (χ3v) is 1.99. The van der Waals surface area contributed by atoms with Crippen molar-refractivity contribution >= 4 is 5.97 Å². The topological polar surface area (TPSA) is 63.1 Å². The molecule has 1 aromatic heterocycles. The second-order valence-electron chi connectivity index (χ2n) is 3.58. The zero-order valence-corrected chi connectivity index (χ0v) is 8.83. The second kappa shape index (κ2) is 3.74. The zero-order valence-electron chi connectivity index (χ0n) is 8.83. The minimum absolute atomic E-state index is 0.0986. The first kappa shape index (κ1) is 10.6. The summed E-state index contributed by atoms with van der Waals surface area (Å²) in [5, 5.41) is 9.01. The molecule has 0 spiro atoms. The van der Waals surface area contributed by atoms with Crippen LogP contribution in [0.1, 0.15) is 47.3 Å². The van der Waals surface area contributed by atoms with Gasteiger partial charge in [0.1, 0.15) is 11.4 Å². The number of hydrogen-bond acceptors (Lipinski definition) is 3. The van der Waals surface area contributed by atoms with Crippen LogP contribution in [0.5, 0.6) is 0 Å². The highest BCUT2D eigenvalue weighted by atomic mass is 16.4. The Labute approximate surface area is 83.0 Å². The van der Waals surface area contributed by atoms with Gasteiger partial charge in [-0.15, -0.1) is 0 Å². The van der Waals surface area contributed by atoms with Crippen molar-refractivity contribution in [3.8, 4) is 0 Å². The molecule has 0 radical (unpaired) electrons. The van der Waals surface area contributed by atoms with Crippen LogP contribution in [0.4, 0.5) is 0 Å². The molecule has 0 amide bonds. The van der Waals surface area contributed by atoms with Crippen LogP contribution in [-0.2, 0) is 0 Å². The van der Waals surface area contributed by atoms with Crippen LogP contribution in [0, 0.1) is 13.8 Å². The number of aryl methyl sites for hydroxylation is 2. The maximum absolute atomic E-state index is 11.0. The SMILES string of the molecule is Cc1nc(C)c(C(=O)O)c(C(C)C)n1. The minimum atomic E-state index is -0.953. The van der Waals surface area contributed by atoms with Crippen molar-refractivity contribution in [2.45, 2.75) is 33.6 Å². The van der Waals surface area contributed by atoms with Gasteiger partial charge in [-0.25, -0.2) is 14.8 Å². The molecule has 0 aromatic carbocycles. The Kier molecular flexibility index (Phi) is 2.84. The largest absolute Gasteiger partial charge is 0.478 e. The van der Waals surface area contributed by atoms with Crippen LogP contribution in [0.15, 0.2) is 0 Å². The summed E-state index contributed by atoms with van der Waals surface area (Å²) in [6.45, 7) is 7.32. The number of carbonyl (C=O) groups is 1. The summed E-state index contributed by atoms with van der Waals surface area (Å²) in [5.74, 6) is -0.232. The molecule has 0 fully saturated rings. The van der Waals surface area contributed by atoms with Crippen molar-refractivity contribution in [1.82, 2.24) is 9.97 Å². The van der Waals surface area contributed by atoms with Crippen LogP contribution >= 0.6 is 0 Å². The van der Waals surface area contributed by atoms with Gasteiger partial charge < -0.3 is 5.11 Å². The van der Waals surface area contributed by atoms with Gasteiger partial charge in [-0.1, -0.05) is 13.8 Å². The molecule has 14 heavy (non-hydrogen) atoms. The van der Waals surface area contributed by atoms with E-state index in [1.807, 2.05) is 13.8 Å². The van der Waals surface area contributed by atoms with Gasteiger partial charge in [0, 0.05) is 0 Å². The summed E-state index contributed by atoms with van der Waals surface area (Å²) in [6, 6.07) is 0. The first-order valence-electron chi connectivity index (χ1n) is 4.52. The molecule has 0 aliphatic heterocycles. The molecule has 0 saturated heterocycles. The van der Waals surface area contributed by atoms with E-state index in [-0.39, 0.29) is 11.5 Å². The van der Waals surface area contributed by atoms with E-state index in [0.717, 1.165) is 0 Å². The van der Waals surface area contributed by atoms with Gasteiger partial charge >= 0.3 is 5.97 Å². The van der Waals surface area contributed by atoms with Gasteiger partial charge in [0.25, 0.3) is 0 Å². The van der Waals surface area contributed by atoms with E-state index in [2.05, 4.69) is 9.97 Å². The molecule has 0 saturated carbocycles. The first-order valence-corrected chi connectivity index (χ1v) is 4.52. The Morgan fingerprint density at radius 3 is 2.29 bits per heavy atom. The summed E-state index contributed by atoms with van der Waals surface area (Å²) >= 11 is 0. The molecule has 0 atom stereocenters. The third-order valence-electron chi connectivity index (χ3n) is 1.99. The fraction of sp³-hybridized carbons (Fsp3) is 0.500. The molecular formula is C10H14N2O2. The fourth-order valence-electron chi connectivity index (χ4n) is 1.42. The Morgan fingerprint density at radius 2 is 1.86 bits per heavy atom. The monoisotopic (exact) mass is 194 g/mol. The van der Waals surface area contributed by atoms with Crippen molar-refractivity contribution < 1.29 is 9.90 Å². The number of hydrogen-bond donors (Lipinski definition) is 1. The number of rotatable bonds is 2. The van der Waals surface area contributed by atoms with Crippen LogP contribution in [0.2, 0.25) is 0 Å². The van der Waals surface area contributed by atoms with Crippen LogP contribution < -0.4 is 0 Å². The lowest BCUT2D eigenvalue weighted by Gasteiger charge is -2.11. The van der Waals surface area contributed by atoms with E-state index in [4.69, 9.17) is 5.11 Å². The average Bonchev–Trinajstić information content (AvgIpc) is 2.01. The molecule has 0 bridgehead atoms. The Morgan fingerprint density at radius 1 is 1.29 bits per heavy atom. The van der Waals surface area contributed by atoms with E-state index in [1.165, 1.54) is 0 Å². The molecule has 4 nitrogen and oxygen atoms in total.